The largest absolute Gasteiger partial charge is 0.497 e. The molecule has 0 aliphatic rings. The van der Waals surface area contributed by atoms with Gasteiger partial charge in [-0.2, -0.15) is 0 Å². The third kappa shape index (κ3) is 5.51. The van der Waals surface area contributed by atoms with Crippen LogP contribution < -0.4 is 14.8 Å². The van der Waals surface area contributed by atoms with Crippen LogP contribution in [0, 0.1) is 6.92 Å². The lowest BCUT2D eigenvalue weighted by Gasteiger charge is -2.19. The number of rotatable bonds is 9. The second-order valence-corrected chi connectivity index (χ2v) is 8.68. The summed E-state index contributed by atoms with van der Waals surface area (Å²) in [5.74, 6) is 2.20. The molecule has 1 unspecified atom stereocenters. The number of nitrogens with one attached hydrogen (secondary N) is 1. The van der Waals surface area contributed by atoms with Crippen LogP contribution in [0.15, 0.2) is 34.8 Å². The fourth-order valence-corrected chi connectivity index (χ4v) is 4.36. The molecule has 1 aromatic carbocycles. The number of methoxy groups -OCH3 is 1. The summed E-state index contributed by atoms with van der Waals surface area (Å²) >= 11 is 2.75. The predicted octanol–water partition coefficient (Wildman–Crippen LogP) is 4.50. The van der Waals surface area contributed by atoms with E-state index in [1.54, 1.807) is 7.11 Å². The number of aryl methyl sites for hydroxylation is 1. The number of carbonyl (C=O) groups excluding carboxylic acids is 1. The molecule has 0 aliphatic heterocycles. The van der Waals surface area contributed by atoms with Crippen molar-refractivity contribution in [3.05, 3.63) is 41.2 Å². The molecule has 160 valence electrons. The van der Waals surface area contributed by atoms with Gasteiger partial charge < -0.3 is 19.4 Å². The summed E-state index contributed by atoms with van der Waals surface area (Å²) in [4.78, 5) is 16.5. The summed E-state index contributed by atoms with van der Waals surface area (Å²) in [6.07, 6.45) is -0.325. The van der Waals surface area contributed by atoms with Crippen LogP contribution in [0.4, 0.5) is 5.13 Å². The summed E-state index contributed by atoms with van der Waals surface area (Å²) in [7, 11) is 1.62. The Balaban J connectivity index is 1.68. The van der Waals surface area contributed by atoms with Crippen LogP contribution in [-0.4, -0.2) is 38.5 Å². The molecule has 0 spiro atoms. The molecule has 2 heterocycles. The minimum Gasteiger partial charge on any atom is -0.497 e. The molecule has 30 heavy (non-hydrogen) atoms. The molecule has 8 nitrogen and oxygen atoms in total. The predicted molar refractivity (Wildman–Crippen MR) is 119 cm³/mol. The average molecular weight is 448 g/mol. The van der Waals surface area contributed by atoms with Crippen molar-refractivity contribution in [3.63, 3.8) is 0 Å². The molecular formula is C20H25N5O3S2. The minimum atomic E-state index is -0.325. The molecule has 0 radical (unpaired) electrons. The van der Waals surface area contributed by atoms with Crippen molar-refractivity contribution in [3.8, 4) is 11.5 Å². The van der Waals surface area contributed by atoms with Crippen molar-refractivity contribution in [1.82, 2.24) is 19.7 Å². The van der Waals surface area contributed by atoms with E-state index >= 15 is 0 Å². The Morgan fingerprint density at radius 3 is 2.70 bits per heavy atom. The maximum atomic E-state index is 12.3. The van der Waals surface area contributed by atoms with Gasteiger partial charge in [0.25, 0.3) is 0 Å². The van der Waals surface area contributed by atoms with Crippen molar-refractivity contribution >= 4 is 34.1 Å². The van der Waals surface area contributed by atoms with Gasteiger partial charge in [0.2, 0.25) is 5.91 Å². The van der Waals surface area contributed by atoms with Gasteiger partial charge in [0, 0.05) is 17.5 Å². The summed E-state index contributed by atoms with van der Waals surface area (Å²) in [5.41, 5.74) is 0.886. The molecule has 3 rings (SSSR count). The Labute approximate surface area is 184 Å². The number of ether oxygens (including phenoxy) is 2. The van der Waals surface area contributed by atoms with E-state index in [0.717, 1.165) is 11.4 Å². The molecule has 3 aromatic rings. The maximum absolute atomic E-state index is 12.3. The minimum absolute atomic E-state index is 0.110. The van der Waals surface area contributed by atoms with Gasteiger partial charge in [0.1, 0.15) is 11.5 Å². The number of hydrogen-bond donors (Lipinski definition) is 1. The highest BCUT2D eigenvalue weighted by molar-refractivity contribution is 7.99. The number of nitrogens with zero attached hydrogens (tertiary/aromatic N) is 4. The molecule has 10 heteroatoms. The summed E-state index contributed by atoms with van der Waals surface area (Å²) in [5, 5.41) is 14.6. The Bertz CT molecular complexity index is 1000. The van der Waals surface area contributed by atoms with E-state index in [9.17, 15) is 4.79 Å². The van der Waals surface area contributed by atoms with Crippen molar-refractivity contribution in [2.24, 2.45) is 0 Å². The van der Waals surface area contributed by atoms with Crippen LogP contribution in [0.25, 0.3) is 0 Å². The van der Waals surface area contributed by atoms with Gasteiger partial charge in [-0.1, -0.05) is 17.8 Å². The number of hydrogen-bond acceptors (Lipinski definition) is 8. The quantitative estimate of drug-likeness (QED) is 0.483. The molecule has 1 amide bonds. The van der Waals surface area contributed by atoms with Crippen LogP contribution >= 0.6 is 23.1 Å². The zero-order valence-corrected chi connectivity index (χ0v) is 19.2. The molecule has 0 aliphatic carbocycles. The van der Waals surface area contributed by atoms with Crippen molar-refractivity contribution in [2.75, 3.05) is 18.2 Å². The summed E-state index contributed by atoms with van der Waals surface area (Å²) < 4.78 is 13.3. The molecule has 2 aromatic heterocycles. The fourth-order valence-electron chi connectivity index (χ4n) is 2.78. The number of anilines is 1. The van der Waals surface area contributed by atoms with Gasteiger partial charge in [-0.15, -0.1) is 21.5 Å². The lowest BCUT2D eigenvalue weighted by molar-refractivity contribution is -0.113. The number of thioether (sulfide) groups is 1. The highest BCUT2D eigenvalue weighted by Crippen LogP contribution is 2.29. The first-order valence-electron chi connectivity index (χ1n) is 9.47. The fraction of sp³-hybridized carbons (Fsp3) is 0.400. The van der Waals surface area contributed by atoms with E-state index < -0.39 is 0 Å². The van der Waals surface area contributed by atoms with Gasteiger partial charge in [0.05, 0.1) is 18.6 Å². The van der Waals surface area contributed by atoms with Crippen molar-refractivity contribution in [1.29, 1.82) is 0 Å². The Kier molecular flexibility index (Phi) is 7.33. The second kappa shape index (κ2) is 9.94. The maximum Gasteiger partial charge on any atom is 0.236 e. The van der Waals surface area contributed by atoms with Crippen LogP contribution in [0.1, 0.15) is 44.4 Å². The highest BCUT2D eigenvalue weighted by Gasteiger charge is 2.22. The zero-order chi connectivity index (χ0) is 21.7. The molecule has 0 saturated carbocycles. The number of thiazole rings is 1. The normalized spacial score (nSPS) is 12.1. The number of benzene rings is 1. The lowest BCUT2D eigenvalue weighted by Crippen LogP contribution is -2.16. The van der Waals surface area contributed by atoms with E-state index in [-0.39, 0.29) is 23.8 Å². The van der Waals surface area contributed by atoms with E-state index in [0.29, 0.717) is 21.9 Å². The highest BCUT2D eigenvalue weighted by atomic mass is 32.2. The molecular weight excluding hydrogens is 422 g/mol. The van der Waals surface area contributed by atoms with Crippen LogP contribution in [0.5, 0.6) is 11.5 Å². The van der Waals surface area contributed by atoms with Crippen molar-refractivity contribution in [2.45, 2.75) is 45.0 Å². The molecule has 1 atom stereocenters. The third-order valence-corrected chi connectivity index (χ3v) is 5.94. The van der Waals surface area contributed by atoms with Crippen molar-refractivity contribution < 1.29 is 14.3 Å². The number of carbonyl (C=O) groups is 1. The SMILES string of the molecule is COc1cccc(OC(C)c2nnc(SCC(=O)Nc3nc(C)cs3)n2C(C)C)c1. The second-order valence-electron chi connectivity index (χ2n) is 6.87. The first-order chi connectivity index (χ1) is 14.4. The van der Waals surface area contributed by atoms with Crippen LogP contribution in [0.3, 0.4) is 0 Å². The first-order valence-corrected chi connectivity index (χ1v) is 11.3. The monoisotopic (exact) mass is 447 g/mol. The molecule has 0 fully saturated rings. The smallest absolute Gasteiger partial charge is 0.236 e. The zero-order valence-electron chi connectivity index (χ0n) is 17.6. The lowest BCUT2D eigenvalue weighted by atomic mass is 10.3. The van der Waals surface area contributed by atoms with Crippen LogP contribution in [0.2, 0.25) is 0 Å². The van der Waals surface area contributed by atoms with Gasteiger partial charge in [0.15, 0.2) is 22.2 Å². The number of amides is 1. The number of aromatic nitrogens is 4. The molecule has 0 saturated heterocycles. The Hall–Kier alpha value is -2.59. The Morgan fingerprint density at radius 2 is 2.03 bits per heavy atom. The summed E-state index contributed by atoms with van der Waals surface area (Å²) in [6, 6.07) is 7.54. The van der Waals surface area contributed by atoms with E-state index in [1.165, 1.54) is 23.1 Å². The summed E-state index contributed by atoms with van der Waals surface area (Å²) in [6.45, 7) is 7.91. The van der Waals surface area contributed by atoms with E-state index in [2.05, 4.69) is 20.5 Å². The topological polar surface area (TPSA) is 91.2 Å². The standard InChI is InChI=1S/C20H25N5O3S2/c1-12(2)25-18(14(4)28-16-8-6-7-15(9-16)27-5)23-24-20(25)30-11-17(26)22-19-21-13(3)10-29-19/h6-10,12,14H,11H2,1-5H3,(H,21,22,26). The Morgan fingerprint density at radius 1 is 1.27 bits per heavy atom. The van der Waals surface area contributed by atoms with Gasteiger partial charge >= 0.3 is 0 Å². The average Bonchev–Trinajstić information content (AvgIpc) is 3.32. The van der Waals surface area contributed by atoms with E-state index in [4.69, 9.17) is 9.47 Å². The first kappa shape index (κ1) is 22.1. The van der Waals surface area contributed by atoms with E-state index in [1.807, 2.05) is 61.9 Å². The van der Waals surface area contributed by atoms with Gasteiger partial charge in [-0.3, -0.25) is 4.79 Å². The van der Waals surface area contributed by atoms with Crippen LogP contribution in [-0.2, 0) is 4.79 Å². The third-order valence-electron chi connectivity index (χ3n) is 4.12. The van der Waals surface area contributed by atoms with Gasteiger partial charge in [-0.05, 0) is 39.8 Å². The molecule has 1 N–H and O–H groups in total. The molecule has 0 bridgehead atoms. The van der Waals surface area contributed by atoms with Gasteiger partial charge in [-0.25, -0.2) is 4.98 Å².